The first kappa shape index (κ1) is 50.8. The molecular weight excluding hydrogens is 861 g/mol. The van der Waals surface area contributed by atoms with Gasteiger partial charge in [-0.2, -0.15) is 0 Å². The van der Waals surface area contributed by atoms with Crippen LogP contribution in [0, 0.1) is 10.8 Å². The lowest BCUT2D eigenvalue weighted by Gasteiger charge is -2.21. The predicted molar refractivity (Wildman–Crippen MR) is 252 cm³/mol. The summed E-state index contributed by atoms with van der Waals surface area (Å²) in [6.07, 6.45) is -0.580. The molecule has 0 aromatic heterocycles. The van der Waals surface area contributed by atoms with Crippen molar-refractivity contribution in [1.29, 1.82) is 10.8 Å². The number of hydrogen-bond donors (Lipinski definition) is 5. The summed E-state index contributed by atoms with van der Waals surface area (Å²) in [4.78, 5) is 53.8. The molecule has 67 heavy (non-hydrogen) atoms. The SMILES string of the molecule is CCOc1ccc(COC(=O)NC(=N)c2cccc(O[C@@H]3CN[C@@H](C(=O)N(C)C)C3)c2)cc1.CCOc1ccc(COC(=O)NC(=N)c2cccc(O[C@H]3C[C@H](C(=O)N(C)C)N(C)C3)c2)cc1. The molecule has 4 aromatic carbocycles. The third-order valence-corrected chi connectivity index (χ3v) is 10.6. The molecule has 0 spiro atoms. The van der Waals surface area contributed by atoms with Crippen LogP contribution in [0.15, 0.2) is 97.1 Å². The molecule has 2 aliphatic heterocycles. The lowest BCUT2D eigenvalue weighted by molar-refractivity contribution is -0.133. The number of benzene rings is 4. The van der Waals surface area contributed by atoms with Crippen molar-refractivity contribution < 1.29 is 47.6 Å². The Morgan fingerprint density at radius 3 is 1.55 bits per heavy atom. The van der Waals surface area contributed by atoms with Gasteiger partial charge in [0.25, 0.3) is 0 Å². The molecule has 4 atom stereocenters. The van der Waals surface area contributed by atoms with Crippen LogP contribution in [0.5, 0.6) is 23.0 Å². The van der Waals surface area contributed by atoms with Crippen molar-refractivity contribution in [3.8, 4) is 23.0 Å². The molecular formula is C49H62N8O10. The summed E-state index contributed by atoms with van der Waals surface area (Å²) in [7, 11) is 8.85. The Morgan fingerprint density at radius 2 is 1.10 bits per heavy atom. The highest BCUT2D eigenvalue weighted by atomic mass is 16.6. The minimum absolute atomic E-state index is 0.0181. The van der Waals surface area contributed by atoms with Gasteiger partial charge >= 0.3 is 12.2 Å². The van der Waals surface area contributed by atoms with Gasteiger partial charge in [0.2, 0.25) is 11.8 Å². The average molecular weight is 923 g/mol. The van der Waals surface area contributed by atoms with Crippen LogP contribution in [0.4, 0.5) is 9.59 Å². The number of amidine groups is 2. The van der Waals surface area contributed by atoms with Gasteiger partial charge in [-0.25, -0.2) is 9.59 Å². The molecule has 4 aromatic rings. The van der Waals surface area contributed by atoms with Gasteiger partial charge in [-0.3, -0.25) is 35.9 Å². The van der Waals surface area contributed by atoms with Crippen LogP contribution in [0.2, 0.25) is 0 Å². The molecule has 2 fully saturated rings. The van der Waals surface area contributed by atoms with E-state index in [1.807, 2.05) is 74.3 Å². The molecule has 0 bridgehead atoms. The van der Waals surface area contributed by atoms with Crippen molar-refractivity contribution in [3.63, 3.8) is 0 Å². The van der Waals surface area contributed by atoms with E-state index in [-0.39, 0.29) is 61.0 Å². The molecule has 2 heterocycles. The molecule has 358 valence electrons. The summed E-state index contributed by atoms with van der Waals surface area (Å²) in [5.41, 5.74) is 2.60. The second-order valence-electron chi connectivity index (χ2n) is 16.2. The van der Waals surface area contributed by atoms with Crippen molar-refractivity contribution >= 4 is 35.7 Å². The normalized spacial score (nSPS) is 17.4. The number of amides is 4. The summed E-state index contributed by atoms with van der Waals surface area (Å²) in [5.74, 6) is 2.52. The zero-order chi connectivity index (χ0) is 48.5. The quantitative estimate of drug-likeness (QED) is 0.0705. The van der Waals surface area contributed by atoms with Crippen molar-refractivity contribution in [2.75, 3.05) is 61.5 Å². The summed E-state index contributed by atoms with van der Waals surface area (Å²) < 4.78 is 33.3. The third kappa shape index (κ3) is 15.7. The average Bonchev–Trinajstić information content (AvgIpc) is 3.93. The monoisotopic (exact) mass is 922 g/mol. The number of alkyl carbamates (subject to hydrolysis) is 2. The fourth-order valence-electron chi connectivity index (χ4n) is 7.17. The zero-order valence-corrected chi connectivity index (χ0v) is 39.1. The van der Waals surface area contributed by atoms with Gasteiger partial charge < -0.3 is 43.5 Å². The molecule has 0 unspecified atom stereocenters. The molecule has 18 heteroatoms. The second kappa shape index (κ2) is 24.9. The summed E-state index contributed by atoms with van der Waals surface area (Å²) in [5, 5.41) is 24.5. The molecule has 18 nitrogen and oxygen atoms in total. The van der Waals surface area contributed by atoms with Crippen LogP contribution in [0.3, 0.4) is 0 Å². The van der Waals surface area contributed by atoms with Crippen LogP contribution in [0.1, 0.15) is 48.9 Å². The number of carbonyl (C=O) groups is 4. The Bertz CT molecular complexity index is 2310. The van der Waals surface area contributed by atoms with E-state index in [0.29, 0.717) is 61.8 Å². The Balaban J connectivity index is 0.000000251. The highest BCUT2D eigenvalue weighted by molar-refractivity contribution is 6.05. The molecule has 5 N–H and O–H groups in total. The van der Waals surface area contributed by atoms with Gasteiger partial charge in [0, 0.05) is 65.2 Å². The first-order chi connectivity index (χ1) is 32.1. The Kier molecular flexibility index (Phi) is 18.9. The van der Waals surface area contributed by atoms with Crippen LogP contribution < -0.4 is 34.9 Å². The first-order valence-electron chi connectivity index (χ1n) is 22.0. The Labute approximate surface area is 391 Å². The second-order valence-corrected chi connectivity index (χ2v) is 16.2. The molecule has 0 aliphatic carbocycles. The Morgan fingerprint density at radius 1 is 0.642 bits per heavy atom. The minimum atomic E-state index is -0.717. The van der Waals surface area contributed by atoms with Gasteiger partial charge in [-0.15, -0.1) is 0 Å². The van der Waals surface area contributed by atoms with Crippen molar-refractivity contribution in [3.05, 3.63) is 119 Å². The van der Waals surface area contributed by atoms with Crippen LogP contribution in [0.25, 0.3) is 0 Å². The van der Waals surface area contributed by atoms with E-state index in [9.17, 15) is 19.2 Å². The maximum atomic E-state index is 12.3. The fraction of sp³-hybridized carbons (Fsp3) is 0.388. The molecule has 6 rings (SSSR count). The minimum Gasteiger partial charge on any atom is -0.494 e. The summed E-state index contributed by atoms with van der Waals surface area (Å²) in [6.45, 7) is 6.34. The highest BCUT2D eigenvalue weighted by Gasteiger charge is 2.36. The van der Waals surface area contributed by atoms with Crippen LogP contribution in [-0.4, -0.2) is 136 Å². The van der Waals surface area contributed by atoms with E-state index >= 15 is 0 Å². The van der Waals surface area contributed by atoms with Crippen LogP contribution >= 0.6 is 0 Å². The zero-order valence-electron chi connectivity index (χ0n) is 39.1. The maximum Gasteiger partial charge on any atom is 0.413 e. The number of nitrogens with zero attached hydrogens (tertiary/aromatic N) is 3. The fourth-order valence-corrected chi connectivity index (χ4v) is 7.17. The van der Waals surface area contributed by atoms with Crippen molar-refractivity contribution in [1.82, 2.24) is 30.7 Å². The van der Waals surface area contributed by atoms with Gasteiger partial charge in [-0.1, -0.05) is 48.5 Å². The van der Waals surface area contributed by atoms with E-state index in [1.165, 1.54) is 0 Å². The highest BCUT2D eigenvalue weighted by Crippen LogP contribution is 2.24. The topological polar surface area (TPSA) is 217 Å². The third-order valence-electron chi connectivity index (χ3n) is 10.6. The lowest BCUT2D eigenvalue weighted by atomic mass is 10.1. The van der Waals surface area contributed by atoms with E-state index in [1.54, 1.807) is 86.5 Å². The number of likely N-dealkylation sites (tertiary alicyclic amines) is 1. The maximum absolute atomic E-state index is 12.3. The largest absolute Gasteiger partial charge is 0.494 e. The van der Waals surface area contributed by atoms with E-state index < -0.39 is 12.2 Å². The van der Waals surface area contributed by atoms with Gasteiger partial charge in [0.05, 0.1) is 25.3 Å². The number of rotatable bonds is 16. The molecule has 0 radical (unpaired) electrons. The van der Waals surface area contributed by atoms with Gasteiger partial charge in [0.1, 0.15) is 60.1 Å². The van der Waals surface area contributed by atoms with Crippen molar-refractivity contribution in [2.45, 2.75) is 64.2 Å². The summed E-state index contributed by atoms with van der Waals surface area (Å²) >= 11 is 0. The van der Waals surface area contributed by atoms with E-state index in [4.69, 9.17) is 39.2 Å². The van der Waals surface area contributed by atoms with Crippen molar-refractivity contribution in [2.24, 2.45) is 0 Å². The molecule has 4 amide bonds. The van der Waals surface area contributed by atoms with Gasteiger partial charge in [0.15, 0.2) is 0 Å². The molecule has 2 saturated heterocycles. The van der Waals surface area contributed by atoms with E-state index in [2.05, 4.69) is 16.0 Å². The van der Waals surface area contributed by atoms with E-state index in [0.717, 1.165) is 22.6 Å². The molecule has 0 saturated carbocycles. The number of nitrogens with one attached hydrogen (secondary N) is 5. The Hall–Kier alpha value is -7.18. The predicted octanol–water partition coefficient (Wildman–Crippen LogP) is 5.41. The first-order valence-corrected chi connectivity index (χ1v) is 22.0. The lowest BCUT2D eigenvalue weighted by Crippen LogP contribution is -2.40. The summed E-state index contributed by atoms with van der Waals surface area (Å²) in [6, 6.07) is 27.9. The number of ether oxygens (including phenoxy) is 6. The standard InChI is InChI=1S/C25H32N4O5.C24H30N4O5/c1-5-32-19-11-9-17(10-12-19)16-33-25(31)27-23(26)18-7-6-8-20(13-18)34-21-14-22(29(4)15-21)24(30)28(2)3;1-4-31-18-10-8-16(9-11-18)15-32-24(30)27-22(25)17-6-5-7-19(12-17)33-20-13-21(26-14-20)23(29)28(2)3/h6-13,21-22H,5,14-16H2,1-4H3,(H2,26,27,31);5-12,20-21,26H,4,13-15H2,1-3H3,(H2,25,27,30)/t21-,22+;20-,21+/m00/s1. The molecule has 2 aliphatic rings. The van der Waals surface area contributed by atoms with Crippen LogP contribution in [-0.2, 0) is 32.3 Å². The number of likely N-dealkylation sites (N-methyl/N-ethyl adjacent to an activating group) is 3. The van der Waals surface area contributed by atoms with Gasteiger partial charge in [-0.05, 0) is 80.6 Å². The smallest absolute Gasteiger partial charge is 0.413 e. The number of carbonyl (C=O) groups excluding carboxylic acids is 4. The number of hydrogen-bond acceptors (Lipinski definition) is 14.